The maximum absolute atomic E-state index is 13.7. The number of aliphatic hydroxyl groups is 1. The van der Waals surface area contributed by atoms with E-state index in [1.165, 1.54) is 11.6 Å². The predicted octanol–water partition coefficient (Wildman–Crippen LogP) is 9.11. The molecule has 3 fully saturated rings. The highest BCUT2D eigenvalue weighted by Gasteiger charge is 2.67. The fourth-order valence-corrected chi connectivity index (χ4v) is 10.1. The summed E-state index contributed by atoms with van der Waals surface area (Å²) in [5.41, 5.74) is 5.32. The lowest BCUT2D eigenvalue weighted by molar-refractivity contribution is -0.182. The largest absolute Gasteiger partial charge is 0.504 e. The molecule has 256 valence electrons. The Morgan fingerprint density at radius 2 is 1.58 bits per heavy atom. The van der Waals surface area contributed by atoms with Crippen LogP contribution in [0.1, 0.15) is 104 Å². The summed E-state index contributed by atoms with van der Waals surface area (Å²) in [5.74, 6) is -0.671. The van der Waals surface area contributed by atoms with Crippen molar-refractivity contribution in [3.63, 3.8) is 0 Å². The van der Waals surface area contributed by atoms with Gasteiger partial charge >= 0.3 is 11.9 Å². The molecular formula is C42H52O6. The normalized spacial score (nSPS) is 35.8. The minimum Gasteiger partial charge on any atom is -0.504 e. The Kier molecular flexibility index (Phi) is 8.57. The van der Waals surface area contributed by atoms with Gasteiger partial charge in [0.25, 0.3) is 0 Å². The van der Waals surface area contributed by atoms with Gasteiger partial charge in [-0.25, -0.2) is 4.79 Å². The van der Waals surface area contributed by atoms with Crippen LogP contribution in [0.2, 0.25) is 0 Å². The Balaban J connectivity index is 1.12. The summed E-state index contributed by atoms with van der Waals surface area (Å²) in [6.45, 7) is 16.0. The van der Waals surface area contributed by atoms with Crippen LogP contribution in [-0.4, -0.2) is 36.0 Å². The van der Waals surface area contributed by atoms with Crippen LogP contribution in [0, 0.1) is 39.9 Å². The standard InChI is InChI=1S/C42H52O6/c1-27-9-11-29(12-10-27)13-16-35(44)47-23-8-24-48-37(46)39(4)18-17-38(3)19-21-41(6)33-15-14-30-28(2)36(45)32(43)25-31(30)40(33,5)20-22-42(41,7)34(38)26-39/h9-16,25,34,45H,8,17-24,26H2,1-7H3/b16-13+/t34-,38-,39-,40+,41-,42+/m1/s1. The number of carbonyl (C=O) groups excluding carboxylic acids is 3. The van der Waals surface area contributed by atoms with Crippen LogP contribution in [0.5, 0.6) is 0 Å². The first kappa shape index (κ1) is 34.2. The number of carbonyl (C=O) groups is 3. The highest BCUT2D eigenvalue weighted by Crippen LogP contribution is 2.75. The first-order chi connectivity index (χ1) is 22.6. The van der Waals surface area contributed by atoms with Gasteiger partial charge in [0.05, 0.1) is 18.6 Å². The fourth-order valence-electron chi connectivity index (χ4n) is 10.1. The maximum Gasteiger partial charge on any atom is 0.330 e. The average Bonchev–Trinajstić information content (AvgIpc) is 3.05. The van der Waals surface area contributed by atoms with Crippen LogP contribution in [0.4, 0.5) is 0 Å². The molecule has 0 saturated heterocycles. The molecule has 0 radical (unpaired) electrons. The van der Waals surface area contributed by atoms with E-state index in [1.807, 2.05) is 38.1 Å². The third kappa shape index (κ3) is 5.44. The molecule has 1 N–H and O–H groups in total. The zero-order valence-electron chi connectivity index (χ0n) is 29.8. The van der Waals surface area contributed by atoms with Gasteiger partial charge in [-0.15, -0.1) is 0 Å². The van der Waals surface area contributed by atoms with Gasteiger partial charge in [0.15, 0.2) is 5.76 Å². The monoisotopic (exact) mass is 652 g/mol. The van der Waals surface area contributed by atoms with Gasteiger partial charge < -0.3 is 14.6 Å². The first-order valence-corrected chi connectivity index (χ1v) is 17.8. The van der Waals surface area contributed by atoms with Crippen molar-refractivity contribution in [1.82, 2.24) is 0 Å². The Hall–Kier alpha value is -3.67. The number of fused-ring (bicyclic) bond motifs is 7. The number of benzene rings is 1. The third-order valence-electron chi connectivity index (χ3n) is 13.6. The van der Waals surface area contributed by atoms with E-state index >= 15 is 0 Å². The van der Waals surface area contributed by atoms with Crippen LogP contribution in [0.3, 0.4) is 0 Å². The zero-order valence-corrected chi connectivity index (χ0v) is 29.8. The second kappa shape index (κ2) is 12.0. The van der Waals surface area contributed by atoms with Crippen molar-refractivity contribution in [3.8, 4) is 0 Å². The average molecular weight is 653 g/mol. The van der Waals surface area contributed by atoms with E-state index in [0.717, 1.165) is 67.2 Å². The van der Waals surface area contributed by atoms with Gasteiger partial charge in [-0.1, -0.05) is 75.2 Å². The van der Waals surface area contributed by atoms with E-state index < -0.39 is 11.4 Å². The number of hydrogen-bond donors (Lipinski definition) is 1. The molecule has 0 spiro atoms. The molecule has 48 heavy (non-hydrogen) atoms. The molecule has 6 heteroatoms. The van der Waals surface area contributed by atoms with Gasteiger partial charge in [0.2, 0.25) is 5.78 Å². The number of aliphatic hydroxyl groups excluding tert-OH is 1. The lowest BCUT2D eigenvalue weighted by Gasteiger charge is -2.70. The molecule has 1 aromatic rings. The molecule has 6 nitrogen and oxygen atoms in total. The van der Waals surface area contributed by atoms with E-state index in [0.29, 0.717) is 17.9 Å². The van der Waals surface area contributed by atoms with Crippen LogP contribution in [-0.2, 0) is 23.9 Å². The highest BCUT2D eigenvalue weighted by molar-refractivity contribution is 6.06. The quantitative estimate of drug-likeness (QED) is 0.180. The second-order valence-corrected chi connectivity index (χ2v) is 16.5. The van der Waals surface area contributed by atoms with Crippen LogP contribution < -0.4 is 0 Å². The lowest BCUT2D eigenvalue weighted by Crippen LogP contribution is -2.62. The molecule has 1 aromatic carbocycles. The van der Waals surface area contributed by atoms with Crippen molar-refractivity contribution in [1.29, 1.82) is 0 Å². The molecule has 0 unspecified atom stereocenters. The van der Waals surface area contributed by atoms with Gasteiger partial charge in [-0.05, 0) is 117 Å². The summed E-state index contributed by atoms with van der Waals surface area (Å²) in [7, 11) is 0. The first-order valence-electron chi connectivity index (χ1n) is 17.8. The van der Waals surface area contributed by atoms with Crippen LogP contribution in [0.15, 0.2) is 76.6 Å². The van der Waals surface area contributed by atoms with E-state index in [1.54, 1.807) is 12.2 Å². The van der Waals surface area contributed by atoms with Gasteiger partial charge in [-0.3, -0.25) is 9.59 Å². The minimum absolute atomic E-state index is 0.0365. The number of hydrogen-bond acceptors (Lipinski definition) is 6. The molecular weight excluding hydrogens is 600 g/mol. The summed E-state index contributed by atoms with van der Waals surface area (Å²) in [4.78, 5) is 38.7. The number of ketones is 1. The predicted molar refractivity (Wildman–Crippen MR) is 188 cm³/mol. The summed E-state index contributed by atoms with van der Waals surface area (Å²) in [6, 6.07) is 7.90. The molecule has 5 aliphatic carbocycles. The molecule has 0 aliphatic heterocycles. The molecule has 0 bridgehead atoms. The molecule has 0 aromatic heterocycles. The summed E-state index contributed by atoms with van der Waals surface area (Å²) in [5, 5.41) is 10.4. The van der Waals surface area contributed by atoms with Crippen molar-refractivity contribution < 1.29 is 29.0 Å². The van der Waals surface area contributed by atoms with E-state index in [9.17, 15) is 19.5 Å². The minimum atomic E-state index is -0.578. The van der Waals surface area contributed by atoms with Crippen molar-refractivity contribution in [2.75, 3.05) is 13.2 Å². The zero-order chi connectivity index (χ0) is 34.7. The number of rotatable bonds is 7. The van der Waals surface area contributed by atoms with E-state index in [4.69, 9.17) is 9.47 Å². The van der Waals surface area contributed by atoms with Gasteiger partial charge in [0, 0.05) is 23.5 Å². The smallest absolute Gasteiger partial charge is 0.330 e. The maximum atomic E-state index is 13.7. The fraction of sp³-hybridized carbons (Fsp3) is 0.548. The summed E-state index contributed by atoms with van der Waals surface area (Å²) in [6.07, 6.45) is 16.4. The molecule has 6 rings (SSSR count). The van der Waals surface area contributed by atoms with Crippen LogP contribution >= 0.6 is 0 Å². The van der Waals surface area contributed by atoms with Gasteiger partial charge in [0.1, 0.15) is 0 Å². The van der Waals surface area contributed by atoms with Crippen molar-refractivity contribution in [2.24, 2.45) is 33.0 Å². The van der Waals surface area contributed by atoms with Crippen molar-refractivity contribution in [2.45, 2.75) is 99.8 Å². The molecule has 5 aliphatic rings. The van der Waals surface area contributed by atoms with E-state index in [2.05, 4.69) is 46.8 Å². The van der Waals surface area contributed by atoms with Crippen molar-refractivity contribution in [3.05, 3.63) is 87.7 Å². The van der Waals surface area contributed by atoms with Crippen LogP contribution in [0.25, 0.3) is 6.08 Å². The third-order valence-corrected chi connectivity index (χ3v) is 13.6. The number of allylic oxidation sites excluding steroid dienone is 7. The van der Waals surface area contributed by atoms with Crippen molar-refractivity contribution >= 4 is 23.8 Å². The summed E-state index contributed by atoms with van der Waals surface area (Å²) >= 11 is 0. The number of esters is 2. The Labute approximate surface area is 286 Å². The molecule has 0 heterocycles. The molecule has 0 amide bonds. The molecule has 6 atom stereocenters. The molecule has 3 saturated carbocycles. The second-order valence-electron chi connectivity index (χ2n) is 16.5. The Morgan fingerprint density at radius 3 is 2.31 bits per heavy atom. The van der Waals surface area contributed by atoms with E-state index in [-0.39, 0.29) is 52.4 Å². The highest BCUT2D eigenvalue weighted by atomic mass is 16.5. The Bertz CT molecular complexity index is 1690. The Morgan fingerprint density at radius 1 is 0.896 bits per heavy atom. The number of aryl methyl sites for hydroxylation is 1. The van der Waals surface area contributed by atoms with Gasteiger partial charge in [-0.2, -0.15) is 0 Å². The number of ether oxygens (including phenoxy) is 2. The SMILES string of the molecule is CC1=C(O)C(=O)C=C2C1=CC=C1[C@@]2(C)CC[C@@]2(C)[C@@H]3C[C@](C)(C(=O)OCCCOC(=O)/C=C/c4ccc(C)cc4)CC[C@]3(C)CC[C@]12C. The summed E-state index contributed by atoms with van der Waals surface area (Å²) < 4.78 is 11.2. The lowest BCUT2D eigenvalue weighted by atomic mass is 9.34. The topological polar surface area (TPSA) is 89.9 Å².